The number of nitrogens with one attached hydrogen (secondary N) is 1. The summed E-state index contributed by atoms with van der Waals surface area (Å²) in [5.74, 6) is 0.585. The molecule has 3 aliphatic rings. The van der Waals surface area contributed by atoms with E-state index in [1.807, 2.05) is 12.1 Å². The molecule has 1 saturated heterocycles. The van der Waals surface area contributed by atoms with E-state index in [-0.39, 0.29) is 5.56 Å². The van der Waals surface area contributed by atoms with E-state index in [1.165, 1.54) is 41.7 Å². The van der Waals surface area contributed by atoms with Gasteiger partial charge in [0.2, 0.25) is 0 Å². The van der Waals surface area contributed by atoms with E-state index in [0.717, 1.165) is 36.5 Å². The lowest BCUT2D eigenvalue weighted by atomic mass is 9.83. The van der Waals surface area contributed by atoms with Crippen LogP contribution < -0.4 is 10.9 Å². The monoisotopic (exact) mass is 465 g/mol. The first-order valence-corrected chi connectivity index (χ1v) is 11.5. The molecule has 7 heteroatoms. The highest BCUT2D eigenvalue weighted by molar-refractivity contribution is 5.76. The molecule has 3 aromatic rings. The van der Waals surface area contributed by atoms with Crippen LogP contribution in [0.15, 0.2) is 65.2 Å². The molecule has 0 saturated carbocycles. The first kappa shape index (κ1) is 22.6. The van der Waals surface area contributed by atoms with Crippen LogP contribution in [0.5, 0.6) is 0 Å². The van der Waals surface area contributed by atoms with Crippen molar-refractivity contribution >= 4 is 5.57 Å². The van der Waals surface area contributed by atoms with E-state index in [9.17, 15) is 18.0 Å². The van der Waals surface area contributed by atoms with Gasteiger partial charge in [-0.2, -0.15) is 13.2 Å². The van der Waals surface area contributed by atoms with Crippen molar-refractivity contribution in [3.8, 4) is 16.9 Å². The number of pyridine rings is 2. The van der Waals surface area contributed by atoms with Crippen LogP contribution in [0.2, 0.25) is 0 Å². The summed E-state index contributed by atoms with van der Waals surface area (Å²) in [5.41, 5.74) is 5.68. The largest absolute Gasteiger partial charge is 0.417 e. The highest BCUT2D eigenvalue weighted by Gasteiger charge is 2.32. The maximum Gasteiger partial charge on any atom is 0.417 e. The summed E-state index contributed by atoms with van der Waals surface area (Å²) >= 11 is 0. The lowest BCUT2D eigenvalue weighted by Crippen LogP contribution is -2.37. The Morgan fingerprint density at radius 1 is 1.06 bits per heavy atom. The maximum absolute atomic E-state index is 12.9. The predicted octanol–water partition coefficient (Wildman–Crippen LogP) is 5.77. The third-order valence-corrected chi connectivity index (χ3v) is 7.13. The number of alkyl halides is 3. The van der Waals surface area contributed by atoms with Crippen LogP contribution in [-0.4, -0.2) is 22.1 Å². The molecule has 2 aliphatic heterocycles. The highest BCUT2D eigenvalue weighted by Crippen LogP contribution is 2.39. The average Bonchev–Trinajstić information content (AvgIpc) is 3.13. The van der Waals surface area contributed by atoms with Crippen molar-refractivity contribution in [2.75, 3.05) is 6.54 Å². The van der Waals surface area contributed by atoms with Gasteiger partial charge in [0.05, 0.1) is 11.3 Å². The average molecular weight is 466 g/mol. The Bertz CT molecular complexity index is 1320. The van der Waals surface area contributed by atoms with Gasteiger partial charge in [-0.3, -0.25) is 14.3 Å². The second kappa shape index (κ2) is 8.55. The second-order valence-corrected chi connectivity index (χ2v) is 9.24. The summed E-state index contributed by atoms with van der Waals surface area (Å²) < 4.78 is 39.9. The summed E-state index contributed by atoms with van der Waals surface area (Å²) in [6.07, 6.45) is 1.59. The van der Waals surface area contributed by atoms with E-state index in [0.29, 0.717) is 23.2 Å². The predicted molar refractivity (Wildman–Crippen MR) is 127 cm³/mol. The van der Waals surface area contributed by atoms with Crippen molar-refractivity contribution in [3.05, 3.63) is 87.5 Å². The van der Waals surface area contributed by atoms with Gasteiger partial charge in [0.15, 0.2) is 0 Å². The molecule has 176 valence electrons. The van der Waals surface area contributed by atoms with Crippen LogP contribution in [0, 0.1) is 12.8 Å². The first-order chi connectivity index (χ1) is 16.2. The van der Waals surface area contributed by atoms with Gasteiger partial charge < -0.3 is 5.32 Å². The van der Waals surface area contributed by atoms with Crippen LogP contribution in [-0.2, 0) is 6.18 Å². The molecular formula is C27H26F3N3O. The highest BCUT2D eigenvalue weighted by atomic mass is 19.4. The lowest BCUT2D eigenvalue weighted by molar-refractivity contribution is -0.137. The van der Waals surface area contributed by atoms with Gasteiger partial charge in [-0.05, 0) is 79.6 Å². The molecule has 1 N–H and O–H groups in total. The molecule has 4 heterocycles. The van der Waals surface area contributed by atoms with E-state index >= 15 is 0 Å². The Hall–Kier alpha value is -3.19. The smallest absolute Gasteiger partial charge is 0.309 e. The molecule has 2 aromatic heterocycles. The minimum absolute atomic E-state index is 0.267. The number of hydrogen-bond donors (Lipinski definition) is 1. The molecular weight excluding hydrogens is 439 g/mol. The van der Waals surface area contributed by atoms with Gasteiger partial charge in [0, 0.05) is 42.3 Å². The third kappa shape index (κ3) is 4.09. The number of benzene rings is 1. The second-order valence-electron chi connectivity index (χ2n) is 9.24. The van der Waals surface area contributed by atoms with E-state index in [1.54, 1.807) is 16.8 Å². The number of hydrogen-bond acceptors (Lipinski definition) is 3. The molecule has 1 aliphatic carbocycles. The summed E-state index contributed by atoms with van der Waals surface area (Å²) in [4.78, 5) is 16.8. The van der Waals surface area contributed by atoms with E-state index < -0.39 is 11.7 Å². The SMILES string of the molecule is CC1=C(c2ccc(-n3ccc(-c4ccc(C(F)(F)F)cn4)cc3=O)cc2C)C2CCCC1CN2. The van der Waals surface area contributed by atoms with Gasteiger partial charge in [0.25, 0.3) is 5.56 Å². The molecule has 6 rings (SSSR count). The molecule has 0 amide bonds. The van der Waals surface area contributed by atoms with Crippen molar-refractivity contribution in [2.24, 2.45) is 5.92 Å². The number of halogens is 3. The fourth-order valence-corrected chi connectivity index (χ4v) is 5.25. The van der Waals surface area contributed by atoms with Crippen LogP contribution in [0.3, 0.4) is 0 Å². The Kier molecular flexibility index (Phi) is 5.68. The lowest BCUT2D eigenvalue weighted by Gasteiger charge is -2.31. The zero-order valence-corrected chi connectivity index (χ0v) is 19.1. The molecule has 0 radical (unpaired) electrons. The molecule has 2 bridgehead atoms. The summed E-state index contributed by atoms with van der Waals surface area (Å²) in [6, 6.07) is 11.8. The Balaban J connectivity index is 1.46. The van der Waals surface area contributed by atoms with Crippen molar-refractivity contribution in [1.82, 2.24) is 14.9 Å². The molecule has 34 heavy (non-hydrogen) atoms. The molecule has 1 aromatic carbocycles. The number of rotatable bonds is 3. The Labute approximate surface area is 196 Å². The Morgan fingerprint density at radius 3 is 2.56 bits per heavy atom. The van der Waals surface area contributed by atoms with Crippen LogP contribution >= 0.6 is 0 Å². The third-order valence-electron chi connectivity index (χ3n) is 7.13. The summed E-state index contributed by atoms with van der Waals surface area (Å²) in [6.45, 7) is 5.38. The topological polar surface area (TPSA) is 46.9 Å². The molecule has 2 unspecified atom stereocenters. The molecule has 1 fully saturated rings. The minimum atomic E-state index is -4.44. The van der Waals surface area contributed by atoms with Crippen molar-refractivity contribution in [3.63, 3.8) is 0 Å². The Morgan fingerprint density at radius 2 is 1.88 bits per heavy atom. The number of aryl methyl sites for hydroxylation is 1. The van der Waals surface area contributed by atoms with E-state index in [4.69, 9.17) is 0 Å². The normalized spacial score (nSPS) is 20.5. The first-order valence-electron chi connectivity index (χ1n) is 11.5. The molecule has 4 nitrogen and oxygen atoms in total. The summed E-state index contributed by atoms with van der Waals surface area (Å²) in [7, 11) is 0. The summed E-state index contributed by atoms with van der Waals surface area (Å²) in [5, 5.41) is 3.69. The van der Waals surface area contributed by atoms with Gasteiger partial charge in [-0.25, -0.2) is 0 Å². The number of nitrogens with zero attached hydrogens (tertiary/aromatic N) is 2. The quantitative estimate of drug-likeness (QED) is 0.534. The van der Waals surface area contributed by atoms with Gasteiger partial charge in [-0.15, -0.1) is 0 Å². The van der Waals surface area contributed by atoms with Crippen molar-refractivity contribution in [2.45, 2.75) is 45.3 Å². The number of fused-ring (bicyclic) bond motifs is 3. The fourth-order valence-electron chi connectivity index (χ4n) is 5.25. The fraction of sp³-hybridized carbons (Fsp3) is 0.333. The minimum Gasteiger partial charge on any atom is -0.309 e. The van der Waals surface area contributed by atoms with Gasteiger partial charge in [-0.1, -0.05) is 18.1 Å². The van der Waals surface area contributed by atoms with Crippen LogP contribution in [0.25, 0.3) is 22.5 Å². The van der Waals surface area contributed by atoms with Crippen LogP contribution in [0.1, 0.15) is 42.9 Å². The van der Waals surface area contributed by atoms with Crippen LogP contribution in [0.4, 0.5) is 13.2 Å². The molecule has 2 atom stereocenters. The zero-order valence-electron chi connectivity index (χ0n) is 19.1. The van der Waals surface area contributed by atoms with Crippen molar-refractivity contribution < 1.29 is 13.2 Å². The van der Waals surface area contributed by atoms with E-state index in [2.05, 4.69) is 30.2 Å². The van der Waals surface area contributed by atoms with Gasteiger partial charge >= 0.3 is 6.18 Å². The maximum atomic E-state index is 12.9. The van der Waals surface area contributed by atoms with Crippen molar-refractivity contribution in [1.29, 1.82) is 0 Å². The standard InChI is InChI=1S/C27H26F3N3O/c1-16-12-21(7-8-22(16)26-17(2)19-4-3-5-24(26)31-14-19)33-11-10-18(13-25(33)34)23-9-6-20(15-32-23)27(28,29)30/h6-13,15,19,24,31H,3-5,14H2,1-2H3. The molecule has 0 spiro atoms. The number of aromatic nitrogens is 2. The zero-order chi connectivity index (χ0) is 24.0. The van der Waals surface area contributed by atoms with Gasteiger partial charge in [0.1, 0.15) is 0 Å².